The monoisotopic (exact) mass is 890 g/mol. The number of pyridine rings is 2. The lowest BCUT2D eigenvalue weighted by molar-refractivity contribution is -0.852. The zero-order valence-corrected chi connectivity index (χ0v) is 37.2. The van der Waals surface area contributed by atoms with Crippen LogP contribution < -0.4 is 31.8 Å². The van der Waals surface area contributed by atoms with Crippen LogP contribution in [0.5, 0.6) is 11.5 Å². The molecule has 14 nitrogen and oxygen atoms in total. The van der Waals surface area contributed by atoms with E-state index in [1.54, 1.807) is 34.6 Å². The summed E-state index contributed by atoms with van der Waals surface area (Å²) in [4.78, 5) is 44.1. The van der Waals surface area contributed by atoms with Crippen LogP contribution in [0, 0.1) is 24.7 Å². The smallest absolute Gasteiger partial charge is 0.341 e. The van der Waals surface area contributed by atoms with Gasteiger partial charge in [-0.2, -0.15) is 0 Å². The largest absolute Gasteiger partial charge is 0.507 e. The number of benzene rings is 1. The van der Waals surface area contributed by atoms with Crippen molar-refractivity contribution in [1.29, 1.82) is 0 Å². The Hall–Kier alpha value is -4.87. The summed E-state index contributed by atoms with van der Waals surface area (Å²) >= 11 is 0. The number of phenolic OH excluding ortho intramolecular Hbond substituents is 1. The number of aromatic nitrogens is 2. The summed E-state index contributed by atoms with van der Waals surface area (Å²) in [6.07, 6.45) is 8.89. The third-order valence-electron chi connectivity index (χ3n) is 14.6. The molecule has 1 aliphatic carbocycles. The Morgan fingerprint density at radius 3 is 2.79 bits per heavy atom. The zero-order chi connectivity index (χ0) is 43.4. The van der Waals surface area contributed by atoms with Crippen LogP contribution in [0.2, 0.25) is 0 Å². The molecule has 16 heteroatoms. The first-order valence-electron chi connectivity index (χ1n) is 22.0. The van der Waals surface area contributed by atoms with Crippen LogP contribution in [-0.4, -0.2) is 76.6 Å². The van der Waals surface area contributed by atoms with E-state index in [4.69, 9.17) is 40.1 Å². The number of aromatic hydroxyl groups is 1. The molecule has 4 fully saturated rings. The number of carbonyl (C=O) groups is 1. The Kier molecular flexibility index (Phi) is 9.99. The number of quaternary nitrogens is 1. The number of phenols is 1. The number of nitrogens with zero attached hydrogens (tertiary/aromatic N) is 3. The van der Waals surface area contributed by atoms with Gasteiger partial charge < -0.3 is 40.5 Å². The number of aryl methyl sites for hydroxylation is 2. The van der Waals surface area contributed by atoms with Crippen molar-refractivity contribution in [2.24, 2.45) is 22.7 Å². The van der Waals surface area contributed by atoms with Crippen molar-refractivity contribution in [3.8, 4) is 22.8 Å². The lowest BCUT2D eigenvalue weighted by Gasteiger charge is -2.50. The van der Waals surface area contributed by atoms with Crippen LogP contribution >= 0.6 is 21.6 Å². The van der Waals surface area contributed by atoms with Gasteiger partial charge in [0.25, 0.3) is 0 Å². The first-order chi connectivity index (χ1) is 30.4. The molecular formula is C47H52N7O7S2+. The third kappa shape index (κ3) is 6.86. The van der Waals surface area contributed by atoms with Crippen LogP contribution in [0.1, 0.15) is 73.1 Å². The Bertz CT molecular complexity index is 2740. The summed E-state index contributed by atoms with van der Waals surface area (Å²) in [5, 5.41) is 15.8. The number of rotatable bonds is 4. The molecule has 7 aliphatic heterocycles. The van der Waals surface area contributed by atoms with Crippen molar-refractivity contribution < 1.29 is 33.4 Å². The molecule has 4 aromatic rings. The van der Waals surface area contributed by atoms with Gasteiger partial charge in [0.1, 0.15) is 76.6 Å². The molecule has 3 aromatic heterocycles. The zero-order valence-electron chi connectivity index (χ0n) is 35.6. The predicted octanol–water partition coefficient (Wildman–Crippen LogP) is 5.15. The highest BCUT2D eigenvalue weighted by atomic mass is 33.1. The number of fused-ring (bicyclic) bond motifs is 9. The number of hydrogen-bond donors (Lipinski definition) is 5. The van der Waals surface area contributed by atoms with Crippen molar-refractivity contribution in [3.05, 3.63) is 92.2 Å². The van der Waals surface area contributed by atoms with E-state index in [-0.39, 0.29) is 52.0 Å². The van der Waals surface area contributed by atoms with Crippen molar-refractivity contribution in [2.45, 2.75) is 94.0 Å². The Morgan fingerprint density at radius 1 is 1.08 bits per heavy atom. The van der Waals surface area contributed by atoms with Crippen LogP contribution in [-0.2, 0) is 33.0 Å². The second kappa shape index (κ2) is 15.4. The molecule has 1 saturated carbocycles. The first-order valence-corrected chi connectivity index (χ1v) is 24.5. The molecule has 10 heterocycles. The molecule has 63 heavy (non-hydrogen) atoms. The quantitative estimate of drug-likeness (QED) is 0.102. The number of esters is 1. The van der Waals surface area contributed by atoms with Crippen LogP contribution in [0.4, 0.5) is 11.6 Å². The van der Waals surface area contributed by atoms with Gasteiger partial charge in [-0.05, 0) is 101 Å². The van der Waals surface area contributed by atoms with Crippen molar-refractivity contribution >= 4 is 56.4 Å². The molecule has 328 valence electrons. The highest BCUT2D eigenvalue weighted by Gasteiger charge is 2.71. The summed E-state index contributed by atoms with van der Waals surface area (Å²) in [5.41, 5.74) is 18.3. The molecule has 6 bridgehead atoms. The molecular weight excluding hydrogens is 839 g/mol. The average Bonchev–Trinajstić information content (AvgIpc) is 3.58. The summed E-state index contributed by atoms with van der Waals surface area (Å²) < 4.78 is 26.6. The van der Waals surface area contributed by atoms with Gasteiger partial charge in [0.05, 0.1) is 17.5 Å². The second-order valence-corrected chi connectivity index (χ2v) is 21.2. The fourth-order valence-corrected chi connectivity index (χ4v) is 14.0. The molecule has 0 radical (unpaired) electrons. The van der Waals surface area contributed by atoms with E-state index in [0.717, 1.165) is 59.6 Å². The van der Waals surface area contributed by atoms with Gasteiger partial charge >= 0.3 is 5.97 Å². The maximum Gasteiger partial charge on any atom is 0.341 e. The van der Waals surface area contributed by atoms with Crippen molar-refractivity contribution in [3.63, 3.8) is 0 Å². The summed E-state index contributed by atoms with van der Waals surface area (Å²) in [6.45, 7) is 5.91. The van der Waals surface area contributed by atoms with Gasteiger partial charge in [-0.15, -0.1) is 0 Å². The van der Waals surface area contributed by atoms with Gasteiger partial charge in [-0.1, -0.05) is 21.6 Å². The fraction of sp³-hybridized carbons (Fsp3) is 0.468. The second-order valence-electron chi connectivity index (χ2n) is 18.6. The molecule has 0 amide bonds. The van der Waals surface area contributed by atoms with Crippen molar-refractivity contribution in [2.75, 3.05) is 37.4 Å². The van der Waals surface area contributed by atoms with Crippen molar-refractivity contribution in [1.82, 2.24) is 15.3 Å². The van der Waals surface area contributed by atoms with Crippen LogP contribution in [0.25, 0.3) is 22.2 Å². The summed E-state index contributed by atoms with van der Waals surface area (Å²) in [7, 11) is 5.31. The first kappa shape index (κ1) is 40.9. The highest BCUT2D eigenvalue weighted by molar-refractivity contribution is 8.76. The summed E-state index contributed by atoms with van der Waals surface area (Å²) in [6, 6.07) is 9.24. The number of nitrogens with one attached hydrogen (secondary N) is 2. The topological polar surface area (TPSA) is 205 Å². The highest BCUT2D eigenvalue weighted by Crippen LogP contribution is 2.62. The lowest BCUT2D eigenvalue weighted by Crippen LogP contribution is -3.04. The number of epoxide rings is 1. The number of ether oxygens (including phenoxy) is 3. The number of hydrogen-bond acceptors (Lipinski definition) is 15. The van der Waals surface area contributed by atoms with Gasteiger partial charge in [0.2, 0.25) is 0 Å². The molecule has 3 saturated heterocycles. The third-order valence-corrected chi connectivity index (χ3v) is 16.9. The predicted molar refractivity (Wildman–Crippen MR) is 244 cm³/mol. The van der Waals surface area contributed by atoms with E-state index < -0.39 is 23.2 Å². The van der Waals surface area contributed by atoms with Crippen LogP contribution in [0.3, 0.4) is 0 Å². The number of nitrogens with two attached hydrogens (primary N) is 2. The van der Waals surface area contributed by atoms with E-state index in [2.05, 4.69) is 34.7 Å². The van der Waals surface area contributed by atoms with Gasteiger partial charge in [-0.3, -0.25) is 14.7 Å². The minimum absolute atomic E-state index is 0.00169. The molecule has 1 spiro atoms. The van der Waals surface area contributed by atoms with Gasteiger partial charge in [-0.25, -0.2) is 14.8 Å². The number of anilines is 2. The Balaban J connectivity index is 1.00. The Morgan fingerprint density at radius 2 is 1.95 bits per heavy atom. The minimum Gasteiger partial charge on any atom is -0.507 e. The van der Waals surface area contributed by atoms with E-state index in [1.165, 1.54) is 16.5 Å². The van der Waals surface area contributed by atoms with Gasteiger partial charge in [0.15, 0.2) is 11.0 Å². The van der Waals surface area contributed by atoms with E-state index >= 15 is 4.79 Å². The van der Waals surface area contributed by atoms with E-state index in [1.807, 2.05) is 26.3 Å². The number of allylic oxidation sites excluding steroid dienone is 1. The minimum atomic E-state index is -1.12. The normalized spacial score (nSPS) is 31.8. The summed E-state index contributed by atoms with van der Waals surface area (Å²) in [5.74, 6) is 1.99. The molecule has 9 unspecified atom stereocenters. The number of carbonyl (C=O) groups excluding carboxylic acids is 1. The van der Waals surface area contributed by atoms with Gasteiger partial charge in [0, 0.05) is 70.4 Å². The van der Waals surface area contributed by atoms with Crippen LogP contribution in [0.15, 0.2) is 68.1 Å². The number of nitrogen functional groups attached to an aromatic ring is 2. The SMILES string of the molecule is CNCC1CC2CCC1C1c3c(cc4oc(C)cc(=O)c4c3O)OC3(C)CCSSCc4c(cc(C[NH+]5C=C6N=CC=C6C5)nc4N)-c4cc(cc(N)n4)CCC4OC24C(=O)OC13. The molecule has 12 rings (SSSR count). The average molecular weight is 891 g/mol. The molecule has 7 N–H and O–H groups in total. The standard InChI is InChI=1S/C47H51N7O7S2/c1-23-12-34(55)40-35(58-23)17-36-41(42(40)56)39-29-6-5-27(15-26(29)18-50-3)47-37(61-47)7-4-24-13-32(53-38(48)14-24)30-16-28(20-54-19-25-8-10-51-33(25)21-54)52-44(49)31(30)22-63-62-11-9-46(2,60-36)43(39)59-45(47)57/h8,10,12-14,16-17,21,26-27,29,37,39,43,50,56H,4-7,9,11,15,18-20,22H2,1-3H3,(H2,48,53)(H2,49,52)/p+1. The number of aliphatic imine (C=N–C) groups is 1. The van der Waals surface area contributed by atoms with E-state index in [9.17, 15) is 9.90 Å². The maximum atomic E-state index is 15.1. The fourth-order valence-electron chi connectivity index (χ4n) is 11.7. The molecule has 9 atom stereocenters. The molecule has 1 aromatic carbocycles. The Labute approximate surface area is 372 Å². The lowest BCUT2D eigenvalue weighted by atomic mass is 9.61. The van der Waals surface area contributed by atoms with E-state index in [0.29, 0.717) is 72.6 Å². The maximum absolute atomic E-state index is 15.1. The molecule has 8 aliphatic rings.